The number of halogens is 1. The number of aromatic amines is 1. The van der Waals surface area contributed by atoms with Gasteiger partial charge in [0.05, 0.1) is 32.8 Å². The van der Waals surface area contributed by atoms with Gasteiger partial charge in [-0.3, -0.25) is 9.31 Å². The van der Waals surface area contributed by atoms with Crippen LogP contribution in [0.25, 0.3) is 11.0 Å². The third-order valence-electron chi connectivity index (χ3n) is 3.79. The third kappa shape index (κ3) is 4.13. The van der Waals surface area contributed by atoms with Gasteiger partial charge in [0, 0.05) is 34.5 Å². The number of para-hydroxylation sites is 1. The maximum Gasteiger partial charge on any atom is 0.181 e. The minimum Gasteiger partial charge on any atom is -0.448 e. The van der Waals surface area contributed by atoms with Crippen molar-refractivity contribution >= 4 is 56.8 Å². The van der Waals surface area contributed by atoms with Crippen LogP contribution in [0.15, 0.2) is 69.0 Å². The number of nitrogens with one attached hydrogen (secondary N) is 2. The van der Waals surface area contributed by atoms with E-state index >= 15 is 0 Å². The van der Waals surface area contributed by atoms with Gasteiger partial charge in [-0.05, 0) is 24.3 Å². The molecule has 1 unspecified atom stereocenters. The summed E-state index contributed by atoms with van der Waals surface area (Å²) < 4.78 is 21.8. The summed E-state index contributed by atoms with van der Waals surface area (Å²) in [5.74, 6) is 0.646. The molecule has 27 heavy (non-hydrogen) atoms. The maximum atomic E-state index is 12.8. The van der Waals surface area contributed by atoms with Crippen LogP contribution in [0.3, 0.4) is 0 Å². The molecule has 2 aromatic carbocycles. The van der Waals surface area contributed by atoms with Crippen LogP contribution in [-0.4, -0.2) is 14.4 Å². The average Bonchev–Trinajstić information content (AvgIpc) is 3.25. The lowest BCUT2D eigenvalue weighted by Gasteiger charge is -2.10. The molecule has 4 rings (SSSR count). The fourth-order valence-electron chi connectivity index (χ4n) is 2.57. The van der Waals surface area contributed by atoms with Crippen LogP contribution in [0, 0.1) is 0 Å². The van der Waals surface area contributed by atoms with Crippen molar-refractivity contribution in [2.45, 2.75) is 15.7 Å². The number of aromatic nitrogens is 2. The monoisotopic (exact) mass is 418 g/mol. The number of rotatable bonds is 6. The maximum absolute atomic E-state index is 12.8. The van der Waals surface area contributed by atoms with Crippen molar-refractivity contribution in [3.05, 3.63) is 65.3 Å². The van der Waals surface area contributed by atoms with Gasteiger partial charge in [0.15, 0.2) is 5.09 Å². The van der Waals surface area contributed by atoms with E-state index in [-0.39, 0.29) is 5.75 Å². The molecule has 6 nitrogen and oxygen atoms in total. The highest BCUT2D eigenvalue weighted by molar-refractivity contribution is 8.00. The van der Waals surface area contributed by atoms with Gasteiger partial charge in [-0.25, -0.2) is 0 Å². The lowest BCUT2D eigenvalue weighted by Crippen LogP contribution is -2.01. The first-order chi connectivity index (χ1) is 13.1. The second kappa shape index (κ2) is 7.67. The van der Waals surface area contributed by atoms with E-state index in [0.29, 0.717) is 32.2 Å². The summed E-state index contributed by atoms with van der Waals surface area (Å²) in [6.45, 7) is 0. The number of hydrogen-bond donors (Lipinski definition) is 3. The molecule has 138 valence electrons. The molecule has 0 aliphatic heterocycles. The zero-order valence-corrected chi connectivity index (χ0v) is 16.3. The van der Waals surface area contributed by atoms with Crippen molar-refractivity contribution < 1.29 is 8.63 Å². The van der Waals surface area contributed by atoms with Crippen molar-refractivity contribution in [2.24, 2.45) is 0 Å². The molecule has 9 heteroatoms. The smallest absolute Gasteiger partial charge is 0.181 e. The molecule has 0 spiro atoms. The van der Waals surface area contributed by atoms with E-state index in [4.69, 9.17) is 21.8 Å². The molecule has 1 atom stereocenters. The Kier molecular flexibility index (Phi) is 5.11. The quantitative estimate of drug-likeness (QED) is 0.388. The second-order valence-electron chi connectivity index (χ2n) is 5.76. The molecule has 0 aliphatic carbocycles. The number of benzene rings is 2. The fourth-order valence-corrected chi connectivity index (χ4v) is 4.66. The molecule has 4 aromatic rings. The summed E-state index contributed by atoms with van der Waals surface area (Å²) in [6.07, 6.45) is 0. The SMILES string of the molecule is Nc1cc(CS(=O)c2ccc(Cl)cc2NSc2cc3ccccc3o2)[nH]n1. The first-order valence-electron chi connectivity index (χ1n) is 7.97. The van der Waals surface area contributed by atoms with E-state index in [0.717, 1.165) is 11.0 Å². The number of furan rings is 1. The van der Waals surface area contributed by atoms with E-state index in [1.54, 1.807) is 24.3 Å². The molecule has 2 aromatic heterocycles. The lowest BCUT2D eigenvalue weighted by atomic mass is 10.3. The Morgan fingerprint density at radius 2 is 2.07 bits per heavy atom. The number of hydrogen-bond acceptors (Lipinski definition) is 6. The van der Waals surface area contributed by atoms with Crippen molar-refractivity contribution in [2.75, 3.05) is 10.5 Å². The summed E-state index contributed by atoms with van der Waals surface area (Å²) in [6, 6.07) is 16.6. The number of H-pyrrole nitrogens is 1. The van der Waals surface area contributed by atoms with Gasteiger partial charge in [-0.2, -0.15) is 5.10 Å². The molecule has 0 saturated heterocycles. The van der Waals surface area contributed by atoms with Crippen LogP contribution >= 0.6 is 23.5 Å². The van der Waals surface area contributed by atoms with Crippen LogP contribution in [0.5, 0.6) is 0 Å². The van der Waals surface area contributed by atoms with Crippen molar-refractivity contribution in [1.29, 1.82) is 0 Å². The van der Waals surface area contributed by atoms with Gasteiger partial charge < -0.3 is 14.9 Å². The first kappa shape index (κ1) is 18.0. The molecule has 0 bridgehead atoms. The van der Waals surface area contributed by atoms with E-state index in [1.807, 2.05) is 30.3 Å². The highest BCUT2D eigenvalue weighted by Crippen LogP contribution is 2.32. The molecular weight excluding hydrogens is 404 g/mol. The first-order valence-corrected chi connectivity index (χ1v) is 10.5. The highest BCUT2D eigenvalue weighted by Gasteiger charge is 2.14. The van der Waals surface area contributed by atoms with E-state index in [2.05, 4.69) is 14.9 Å². The number of nitrogen functional groups attached to an aromatic ring is 1. The number of nitrogens with zero attached hydrogens (tertiary/aromatic N) is 1. The predicted molar refractivity (Wildman–Crippen MR) is 110 cm³/mol. The van der Waals surface area contributed by atoms with Crippen molar-refractivity contribution in [3.8, 4) is 0 Å². The Labute approximate surface area is 167 Å². The average molecular weight is 419 g/mol. The molecule has 0 saturated carbocycles. The second-order valence-corrected chi connectivity index (χ2v) is 8.42. The predicted octanol–water partition coefficient (Wildman–Crippen LogP) is 4.82. The normalized spacial score (nSPS) is 12.3. The molecule has 0 radical (unpaired) electrons. The minimum atomic E-state index is -1.31. The molecular formula is C18H15ClN4O2S2. The van der Waals surface area contributed by atoms with E-state index < -0.39 is 10.8 Å². The molecule has 0 fully saturated rings. The summed E-state index contributed by atoms with van der Waals surface area (Å²) >= 11 is 7.43. The fraction of sp³-hybridized carbons (Fsp3) is 0.0556. The lowest BCUT2D eigenvalue weighted by molar-refractivity contribution is 0.515. The van der Waals surface area contributed by atoms with Crippen LogP contribution in [0.1, 0.15) is 5.69 Å². The van der Waals surface area contributed by atoms with Crippen molar-refractivity contribution in [1.82, 2.24) is 10.2 Å². The summed E-state index contributed by atoms with van der Waals surface area (Å²) in [5.41, 5.74) is 7.79. The molecule has 0 amide bonds. The minimum absolute atomic E-state index is 0.274. The van der Waals surface area contributed by atoms with Crippen LogP contribution < -0.4 is 10.5 Å². The van der Waals surface area contributed by atoms with Crippen LogP contribution in [-0.2, 0) is 16.6 Å². The Balaban J connectivity index is 1.54. The molecule has 2 heterocycles. The van der Waals surface area contributed by atoms with Crippen molar-refractivity contribution in [3.63, 3.8) is 0 Å². The van der Waals surface area contributed by atoms with Crippen LogP contribution in [0.4, 0.5) is 11.5 Å². The van der Waals surface area contributed by atoms with Gasteiger partial charge >= 0.3 is 0 Å². The van der Waals surface area contributed by atoms with Crippen LogP contribution in [0.2, 0.25) is 5.02 Å². The topological polar surface area (TPSA) is 96.9 Å². The molecule has 0 aliphatic rings. The zero-order chi connectivity index (χ0) is 18.8. The van der Waals surface area contributed by atoms with E-state index in [1.165, 1.54) is 11.9 Å². The Hall–Kier alpha value is -2.42. The largest absolute Gasteiger partial charge is 0.448 e. The summed E-state index contributed by atoms with van der Waals surface area (Å²) in [5, 5.41) is 8.91. The standard InChI is InChI=1S/C18H15ClN4O2S2/c19-12-5-6-16(27(24)10-13-9-17(20)22-21-13)14(8-12)23-26-18-7-11-3-1-2-4-15(11)25-18/h1-9,23H,10H2,(H3,20,21,22). The summed E-state index contributed by atoms with van der Waals surface area (Å²) in [7, 11) is -1.31. The third-order valence-corrected chi connectivity index (χ3v) is 6.17. The zero-order valence-electron chi connectivity index (χ0n) is 13.9. The number of fused-ring (bicyclic) bond motifs is 1. The Morgan fingerprint density at radius 3 is 2.85 bits per heavy atom. The Morgan fingerprint density at radius 1 is 1.22 bits per heavy atom. The molecule has 4 N–H and O–H groups in total. The summed E-state index contributed by atoms with van der Waals surface area (Å²) in [4.78, 5) is 0.635. The van der Waals surface area contributed by atoms with Gasteiger partial charge in [-0.1, -0.05) is 29.8 Å². The van der Waals surface area contributed by atoms with Gasteiger partial charge in [-0.15, -0.1) is 0 Å². The highest BCUT2D eigenvalue weighted by atomic mass is 35.5. The van der Waals surface area contributed by atoms with Gasteiger partial charge in [0.25, 0.3) is 0 Å². The Bertz CT molecular complexity index is 1090. The number of anilines is 2. The van der Waals surface area contributed by atoms with Gasteiger partial charge in [0.2, 0.25) is 0 Å². The van der Waals surface area contributed by atoms with E-state index in [9.17, 15) is 4.21 Å². The van der Waals surface area contributed by atoms with Gasteiger partial charge in [0.1, 0.15) is 11.4 Å². The number of nitrogens with two attached hydrogens (primary N) is 1.